The van der Waals surface area contributed by atoms with E-state index in [9.17, 15) is 0 Å². The Morgan fingerprint density at radius 2 is 1.60 bits per heavy atom. The monoisotopic (exact) mass is 289 g/mol. The Bertz CT molecular complexity index is 272. The zero-order valence-corrected chi connectivity index (χ0v) is 12.9. The highest BCUT2D eigenvalue weighted by Crippen LogP contribution is 2.18. The number of azide groups is 1. The van der Waals surface area contributed by atoms with Gasteiger partial charge in [0.15, 0.2) is 0 Å². The quantitative estimate of drug-likeness (QED) is 0.225. The van der Waals surface area contributed by atoms with E-state index in [1.54, 1.807) is 14.2 Å². The normalized spacial score (nSPS) is 15.4. The third-order valence-corrected chi connectivity index (χ3v) is 3.19. The van der Waals surface area contributed by atoms with E-state index in [0.717, 1.165) is 0 Å². The minimum Gasteiger partial charge on any atom is -0.382 e. The standard InChI is InChI=1S/C13H27N3O4/c1-11(12(2)19-9-7-17-3)13(5-6-15-16-14)20-10-8-18-4/h11-13H,5-10H2,1-4H3. The van der Waals surface area contributed by atoms with E-state index in [-0.39, 0.29) is 18.1 Å². The second-order valence-corrected chi connectivity index (χ2v) is 4.57. The largest absolute Gasteiger partial charge is 0.382 e. The summed E-state index contributed by atoms with van der Waals surface area (Å²) in [5.41, 5.74) is 8.34. The predicted molar refractivity (Wildman–Crippen MR) is 76.7 cm³/mol. The Hall–Kier alpha value is -0.850. The molecule has 0 aromatic heterocycles. The molecule has 0 aromatic carbocycles. The van der Waals surface area contributed by atoms with E-state index < -0.39 is 0 Å². The molecular formula is C13H27N3O4. The number of ether oxygens (including phenoxy) is 4. The van der Waals surface area contributed by atoms with Crippen molar-refractivity contribution in [2.45, 2.75) is 32.5 Å². The van der Waals surface area contributed by atoms with Crippen LogP contribution in [0.5, 0.6) is 0 Å². The van der Waals surface area contributed by atoms with Crippen LogP contribution in [0.15, 0.2) is 5.11 Å². The van der Waals surface area contributed by atoms with Crippen LogP contribution in [0.25, 0.3) is 10.4 Å². The van der Waals surface area contributed by atoms with Crippen molar-refractivity contribution < 1.29 is 18.9 Å². The van der Waals surface area contributed by atoms with Gasteiger partial charge >= 0.3 is 0 Å². The fourth-order valence-corrected chi connectivity index (χ4v) is 1.78. The summed E-state index contributed by atoms with van der Waals surface area (Å²) in [6.45, 7) is 6.71. The van der Waals surface area contributed by atoms with Crippen molar-refractivity contribution >= 4 is 0 Å². The van der Waals surface area contributed by atoms with Crippen molar-refractivity contribution in [2.75, 3.05) is 47.2 Å². The van der Waals surface area contributed by atoms with Crippen LogP contribution >= 0.6 is 0 Å². The van der Waals surface area contributed by atoms with Gasteiger partial charge in [0.25, 0.3) is 0 Å². The lowest BCUT2D eigenvalue weighted by Gasteiger charge is -2.28. The molecule has 0 saturated carbocycles. The molecule has 0 aliphatic rings. The summed E-state index contributed by atoms with van der Waals surface area (Å²) in [4.78, 5) is 2.77. The average molecular weight is 289 g/mol. The first-order chi connectivity index (χ1) is 9.67. The average Bonchev–Trinajstić information content (AvgIpc) is 2.45. The maximum absolute atomic E-state index is 8.34. The molecule has 118 valence electrons. The number of hydrogen-bond donors (Lipinski definition) is 0. The smallest absolute Gasteiger partial charge is 0.0704 e. The Kier molecular flexibility index (Phi) is 12.6. The molecule has 7 heteroatoms. The maximum atomic E-state index is 8.34. The van der Waals surface area contributed by atoms with Crippen LogP contribution in [0.3, 0.4) is 0 Å². The van der Waals surface area contributed by atoms with Crippen molar-refractivity contribution in [3.8, 4) is 0 Å². The van der Waals surface area contributed by atoms with Crippen LogP contribution in [0.1, 0.15) is 20.3 Å². The summed E-state index contributed by atoms with van der Waals surface area (Å²) in [5.74, 6) is 0.192. The van der Waals surface area contributed by atoms with Gasteiger partial charge in [-0.05, 0) is 18.9 Å². The second kappa shape index (κ2) is 13.1. The topological polar surface area (TPSA) is 85.7 Å². The minimum absolute atomic E-state index is 0.0202. The number of hydrogen-bond acceptors (Lipinski definition) is 5. The van der Waals surface area contributed by atoms with Crippen LogP contribution < -0.4 is 0 Å². The van der Waals surface area contributed by atoms with Crippen molar-refractivity contribution in [3.63, 3.8) is 0 Å². The summed E-state index contributed by atoms with van der Waals surface area (Å²) in [7, 11) is 3.28. The molecule has 7 nitrogen and oxygen atoms in total. The van der Waals surface area contributed by atoms with Crippen molar-refractivity contribution in [1.82, 2.24) is 0 Å². The first-order valence-corrected chi connectivity index (χ1v) is 6.89. The molecule has 0 amide bonds. The second-order valence-electron chi connectivity index (χ2n) is 4.57. The Morgan fingerprint density at radius 1 is 1.00 bits per heavy atom. The highest BCUT2D eigenvalue weighted by atomic mass is 16.5. The van der Waals surface area contributed by atoms with Crippen LogP contribution in [0, 0.1) is 5.92 Å². The zero-order chi connectivity index (χ0) is 15.2. The lowest BCUT2D eigenvalue weighted by atomic mass is 9.96. The highest BCUT2D eigenvalue weighted by molar-refractivity contribution is 4.73. The molecule has 3 atom stereocenters. The summed E-state index contributed by atoms with van der Waals surface area (Å²) in [5, 5.41) is 3.57. The Labute approximate surface area is 121 Å². The first kappa shape index (κ1) is 19.1. The van der Waals surface area contributed by atoms with Gasteiger partial charge in [-0.15, -0.1) is 0 Å². The molecule has 20 heavy (non-hydrogen) atoms. The molecule has 0 aliphatic heterocycles. The van der Waals surface area contributed by atoms with E-state index in [0.29, 0.717) is 39.4 Å². The summed E-state index contributed by atoms with van der Waals surface area (Å²) >= 11 is 0. The molecule has 0 aliphatic carbocycles. The Balaban J connectivity index is 4.27. The van der Waals surface area contributed by atoms with Gasteiger partial charge in [-0.1, -0.05) is 12.0 Å². The van der Waals surface area contributed by atoms with E-state index in [1.807, 2.05) is 6.92 Å². The first-order valence-electron chi connectivity index (χ1n) is 6.89. The maximum Gasteiger partial charge on any atom is 0.0704 e. The van der Waals surface area contributed by atoms with E-state index in [2.05, 4.69) is 16.9 Å². The fourth-order valence-electron chi connectivity index (χ4n) is 1.78. The van der Waals surface area contributed by atoms with E-state index in [4.69, 9.17) is 24.5 Å². The van der Waals surface area contributed by atoms with Crippen molar-refractivity contribution in [3.05, 3.63) is 10.4 Å². The lowest BCUT2D eigenvalue weighted by molar-refractivity contribution is -0.0701. The molecule has 0 heterocycles. The van der Waals surface area contributed by atoms with Gasteiger partial charge in [-0.3, -0.25) is 0 Å². The van der Waals surface area contributed by atoms with E-state index >= 15 is 0 Å². The van der Waals surface area contributed by atoms with Crippen LogP contribution in [0.4, 0.5) is 0 Å². The predicted octanol–water partition coefficient (Wildman–Crippen LogP) is 2.41. The van der Waals surface area contributed by atoms with Gasteiger partial charge < -0.3 is 18.9 Å². The zero-order valence-electron chi connectivity index (χ0n) is 12.9. The molecule has 0 radical (unpaired) electrons. The van der Waals surface area contributed by atoms with Gasteiger partial charge in [-0.2, -0.15) is 0 Å². The molecule has 0 N–H and O–H groups in total. The van der Waals surface area contributed by atoms with Gasteiger partial charge in [0.1, 0.15) is 0 Å². The van der Waals surface area contributed by atoms with Crippen LogP contribution in [-0.2, 0) is 18.9 Å². The van der Waals surface area contributed by atoms with Crippen LogP contribution in [-0.4, -0.2) is 59.4 Å². The molecule has 0 aromatic rings. The fraction of sp³-hybridized carbons (Fsp3) is 1.00. The third-order valence-electron chi connectivity index (χ3n) is 3.19. The molecule has 0 bridgehead atoms. The molecule has 3 unspecified atom stereocenters. The van der Waals surface area contributed by atoms with Gasteiger partial charge in [-0.25, -0.2) is 0 Å². The number of nitrogens with zero attached hydrogens (tertiary/aromatic N) is 3. The third kappa shape index (κ3) is 9.12. The SMILES string of the molecule is COCCOC(C)C(C)C(CCN=[N+]=[N-])OCCOC. The highest BCUT2D eigenvalue weighted by Gasteiger charge is 2.23. The molecule has 0 spiro atoms. The molecular weight excluding hydrogens is 262 g/mol. The minimum atomic E-state index is -0.0202. The van der Waals surface area contributed by atoms with Gasteiger partial charge in [0.2, 0.25) is 0 Å². The summed E-state index contributed by atoms with van der Waals surface area (Å²) in [6, 6.07) is 0. The number of methoxy groups -OCH3 is 2. The Morgan fingerprint density at radius 3 is 2.15 bits per heavy atom. The van der Waals surface area contributed by atoms with Gasteiger partial charge in [0.05, 0.1) is 38.6 Å². The van der Waals surface area contributed by atoms with Crippen molar-refractivity contribution in [2.24, 2.45) is 11.0 Å². The number of rotatable bonds is 13. The van der Waals surface area contributed by atoms with E-state index in [1.165, 1.54) is 0 Å². The summed E-state index contributed by atoms with van der Waals surface area (Å²) in [6.07, 6.45) is 0.698. The summed E-state index contributed by atoms with van der Waals surface area (Å²) < 4.78 is 21.4. The van der Waals surface area contributed by atoms with Crippen molar-refractivity contribution in [1.29, 1.82) is 0 Å². The lowest BCUT2D eigenvalue weighted by Crippen LogP contribution is -2.33. The van der Waals surface area contributed by atoms with Crippen LogP contribution in [0.2, 0.25) is 0 Å². The van der Waals surface area contributed by atoms with Gasteiger partial charge in [0, 0.05) is 31.6 Å². The molecule has 0 rings (SSSR count). The molecule has 0 saturated heterocycles. The molecule has 0 fully saturated rings.